The van der Waals surface area contributed by atoms with E-state index in [1.165, 1.54) is 25.5 Å². The number of aryl methyl sites for hydroxylation is 1. The first-order valence-electron chi connectivity index (χ1n) is 6.02. The van der Waals surface area contributed by atoms with Gasteiger partial charge in [0.2, 0.25) is 0 Å². The van der Waals surface area contributed by atoms with Gasteiger partial charge in [-0.25, -0.2) is 0 Å². The van der Waals surface area contributed by atoms with Gasteiger partial charge in [0.1, 0.15) is 0 Å². The fraction of sp³-hybridized carbons (Fsp3) is 0.200. The molecule has 0 saturated carbocycles. The summed E-state index contributed by atoms with van der Waals surface area (Å²) in [5.74, 6) is 0. The summed E-state index contributed by atoms with van der Waals surface area (Å²) < 4.78 is 1.35. The molecule has 18 heavy (non-hydrogen) atoms. The highest BCUT2D eigenvalue weighted by Gasteiger charge is 2.07. The van der Waals surface area contributed by atoms with Crippen molar-refractivity contribution in [3.05, 3.63) is 51.5 Å². The standard InChI is InChI=1S/C15H15NS2/c1-10-3-5-14(18-10)11(2)16-13-4-6-15-12(9-13)7-8-17-15/h3-9,11,16H,1-2H3. The van der Waals surface area contributed by atoms with Gasteiger partial charge in [0.25, 0.3) is 0 Å². The average molecular weight is 273 g/mol. The number of hydrogen-bond donors (Lipinski definition) is 1. The predicted molar refractivity (Wildman–Crippen MR) is 82.9 cm³/mol. The smallest absolute Gasteiger partial charge is 0.0578 e. The SMILES string of the molecule is Cc1ccc(C(C)Nc2ccc3sccc3c2)s1. The van der Waals surface area contributed by atoms with Crippen molar-refractivity contribution >= 4 is 38.4 Å². The van der Waals surface area contributed by atoms with E-state index >= 15 is 0 Å². The summed E-state index contributed by atoms with van der Waals surface area (Å²) in [7, 11) is 0. The normalized spacial score (nSPS) is 12.8. The van der Waals surface area contributed by atoms with Crippen molar-refractivity contribution in [2.45, 2.75) is 19.9 Å². The topological polar surface area (TPSA) is 12.0 Å². The van der Waals surface area contributed by atoms with E-state index < -0.39 is 0 Å². The molecule has 0 spiro atoms. The summed E-state index contributed by atoms with van der Waals surface area (Å²) in [6.07, 6.45) is 0. The summed E-state index contributed by atoms with van der Waals surface area (Å²) in [6, 6.07) is 13.5. The zero-order valence-corrected chi connectivity index (χ0v) is 12.1. The van der Waals surface area contributed by atoms with E-state index in [2.05, 4.69) is 60.9 Å². The predicted octanol–water partition coefficient (Wildman–Crippen LogP) is 5.44. The van der Waals surface area contributed by atoms with Crippen LogP contribution in [0.4, 0.5) is 5.69 Å². The summed E-state index contributed by atoms with van der Waals surface area (Å²) in [5.41, 5.74) is 1.19. The van der Waals surface area contributed by atoms with Gasteiger partial charge in [0.05, 0.1) is 6.04 Å². The highest BCUT2D eigenvalue weighted by atomic mass is 32.1. The second-order valence-corrected chi connectivity index (χ2v) is 6.75. The van der Waals surface area contributed by atoms with Crippen LogP contribution >= 0.6 is 22.7 Å². The molecule has 0 radical (unpaired) electrons. The molecule has 1 unspecified atom stereocenters. The van der Waals surface area contributed by atoms with Gasteiger partial charge in [-0.3, -0.25) is 0 Å². The first kappa shape index (κ1) is 11.8. The van der Waals surface area contributed by atoms with Crippen molar-refractivity contribution in [2.75, 3.05) is 5.32 Å². The lowest BCUT2D eigenvalue weighted by atomic mass is 10.2. The lowest BCUT2D eigenvalue weighted by Crippen LogP contribution is -2.04. The molecule has 1 nitrogen and oxygen atoms in total. The van der Waals surface area contributed by atoms with Crippen LogP contribution in [0.25, 0.3) is 10.1 Å². The third-order valence-electron chi connectivity index (χ3n) is 3.02. The molecule has 1 N–H and O–H groups in total. The quantitative estimate of drug-likeness (QED) is 0.669. The van der Waals surface area contributed by atoms with Gasteiger partial charge in [-0.1, -0.05) is 0 Å². The molecule has 3 aromatic rings. The van der Waals surface area contributed by atoms with Gasteiger partial charge in [-0.15, -0.1) is 22.7 Å². The summed E-state index contributed by atoms with van der Waals surface area (Å²) >= 11 is 3.65. The minimum Gasteiger partial charge on any atom is -0.378 e. The van der Waals surface area contributed by atoms with Gasteiger partial charge in [0, 0.05) is 20.1 Å². The molecule has 0 aliphatic carbocycles. The molecule has 0 saturated heterocycles. The van der Waals surface area contributed by atoms with Crippen LogP contribution in [-0.4, -0.2) is 0 Å². The first-order valence-corrected chi connectivity index (χ1v) is 7.72. The molecule has 1 atom stereocenters. The zero-order valence-electron chi connectivity index (χ0n) is 10.4. The van der Waals surface area contributed by atoms with E-state index in [1.54, 1.807) is 11.3 Å². The number of anilines is 1. The van der Waals surface area contributed by atoms with E-state index in [1.807, 2.05) is 11.3 Å². The molecule has 92 valence electrons. The largest absolute Gasteiger partial charge is 0.378 e. The van der Waals surface area contributed by atoms with Crippen molar-refractivity contribution in [2.24, 2.45) is 0 Å². The van der Waals surface area contributed by atoms with Crippen molar-refractivity contribution in [1.82, 2.24) is 0 Å². The Balaban J connectivity index is 1.83. The van der Waals surface area contributed by atoms with E-state index in [0.29, 0.717) is 6.04 Å². The molecule has 2 aromatic heterocycles. The van der Waals surface area contributed by atoms with Crippen LogP contribution in [0.1, 0.15) is 22.7 Å². The van der Waals surface area contributed by atoms with Crippen LogP contribution in [-0.2, 0) is 0 Å². The highest BCUT2D eigenvalue weighted by molar-refractivity contribution is 7.17. The number of benzene rings is 1. The fourth-order valence-electron chi connectivity index (χ4n) is 2.06. The van der Waals surface area contributed by atoms with E-state index in [0.717, 1.165) is 0 Å². The van der Waals surface area contributed by atoms with E-state index in [9.17, 15) is 0 Å². The zero-order chi connectivity index (χ0) is 12.5. The fourth-order valence-corrected chi connectivity index (χ4v) is 3.71. The van der Waals surface area contributed by atoms with Crippen molar-refractivity contribution in [1.29, 1.82) is 0 Å². The number of hydrogen-bond acceptors (Lipinski definition) is 3. The molecule has 2 heterocycles. The van der Waals surface area contributed by atoms with Crippen LogP contribution in [0.2, 0.25) is 0 Å². The Morgan fingerprint density at radius 1 is 1.11 bits per heavy atom. The first-order chi connectivity index (χ1) is 8.72. The average Bonchev–Trinajstić information content (AvgIpc) is 2.96. The Morgan fingerprint density at radius 2 is 2.00 bits per heavy atom. The third kappa shape index (κ3) is 2.28. The molecule has 0 bridgehead atoms. The number of nitrogens with one attached hydrogen (secondary N) is 1. The molecule has 1 aromatic carbocycles. The third-order valence-corrected chi connectivity index (χ3v) is 5.10. The molecule has 0 aliphatic heterocycles. The molecule has 3 rings (SSSR count). The Kier molecular flexibility index (Phi) is 3.10. The lowest BCUT2D eigenvalue weighted by molar-refractivity contribution is 0.909. The summed E-state index contributed by atoms with van der Waals surface area (Å²) in [5, 5.41) is 7.03. The van der Waals surface area contributed by atoms with Crippen LogP contribution in [0.15, 0.2) is 41.8 Å². The minimum absolute atomic E-state index is 0.361. The lowest BCUT2D eigenvalue weighted by Gasteiger charge is -2.13. The second kappa shape index (κ2) is 4.75. The van der Waals surface area contributed by atoms with Crippen LogP contribution in [0.5, 0.6) is 0 Å². The van der Waals surface area contributed by atoms with Gasteiger partial charge >= 0.3 is 0 Å². The monoisotopic (exact) mass is 273 g/mol. The molecular weight excluding hydrogens is 258 g/mol. The van der Waals surface area contributed by atoms with Gasteiger partial charge in [-0.2, -0.15) is 0 Å². The molecule has 0 amide bonds. The van der Waals surface area contributed by atoms with Gasteiger partial charge < -0.3 is 5.32 Å². The molecule has 0 fully saturated rings. The maximum atomic E-state index is 3.57. The Hall–Kier alpha value is -1.32. The maximum Gasteiger partial charge on any atom is 0.0578 e. The van der Waals surface area contributed by atoms with Gasteiger partial charge in [-0.05, 0) is 61.0 Å². The van der Waals surface area contributed by atoms with Gasteiger partial charge in [0.15, 0.2) is 0 Å². The number of fused-ring (bicyclic) bond motifs is 1. The second-order valence-electron chi connectivity index (χ2n) is 4.49. The number of thiophene rings is 2. The van der Waals surface area contributed by atoms with Crippen LogP contribution < -0.4 is 5.32 Å². The minimum atomic E-state index is 0.361. The molecule has 0 aliphatic rings. The van der Waals surface area contributed by atoms with Crippen LogP contribution in [0.3, 0.4) is 0 Å². The summed E-state index contributed by atoms with van der Waals surface area (Å²) in [4.78, 5) is 2.75. The highest BCUT2D eigenvalue weighted by Crippen LogP contribution is 2.28. The van der Waals surface area contributed by atoms with Crippen molar-refractivity contribution in [3.63, 3.8) is 0 Å². The molecular formula is C15H15NS2. The van der Waals surface area contributed by atoms with Crippen molar-refractivity contribution in [3.8, 4) is 0 Å². The maximum absolute atomic E-state index is 3.57. The van der Waals surface area contributed by atoms with Crippen molar-refractivity contribution < 1.29 is 0 Å². The Labute approximate surface area is 115 Å². The summed E-state index contributed by atoms with van der Waals surface area (Å²) in [6.45, 7) is 4.36. The Bertz CT molecular complexity index is 666. The van der Waals surface area contributed by atoms with Crippen LogP contribution in [0, 0.1) is 6.92 Å². The molecule has 3 heteroatoms. The van der Waals surface area contributed by atoms with E-state index in [-0.39, 0.29) is 0 Å². The Morgan fingerprint density at radius 3 is 2.78 bits per heavy atom. The van der Waals surface area contributed by atoms with E-state index in [4.69, 9.17) is 0 Å². The number of rotatable bonds is 3.